The van der Waals surface area contributed by atoms with Crippen molar-refractivity contribution in [3.05, 3.63) is 29.5 Å². The molecule has 18 heavy (non-hydrogen) atoms. The maximum atomic E-state index is 5.96. The summed E-state index contributed by atoms with van der Waals surface area (Å²) in [7, 11) is 0. The van der Waals surface area contributed by atoms with E-state index >= 15 is 0 Å². The highest BCUT2D eigenvalue weighted by Gasteiger charge is 2.30. The molecule has 0 spiro atoms. The Kier molecular flexibility index (Phi) is 2.84. The van der Waals surface area contributed by atoms with Crippen molar-refractivity contribution in [3.8, 4) is 0 Å². The molecule has 1 unspecified atom stereocenters. The van der Waals surface area contributed by atoms with Crippen LogP contribution in [-0.4, -0.2) is 28.7 Å². The van der Waals surface area contributed by atoms with Crippen molar-refractivity contribution in [1.82, 2.24) is 9.97 Å². The quantitative estimate of drug-likeness (QED) is 0.847. The van der Waals surface area contributed by atoms with Crippen molar-refractivity contribution in [1.29, 1.82) is 0 Å². The average Bonchev–Trinajstić information content (AvgIpc) is 2.75. The molecular weight excluding hydrogens is 250 g/mol. The molecule has 2 heterocycles. The lowest BCUT2D eigenvalue weighted by atomic mass is 10.0. The van der Waals surface area contributed by atoms with E-state index in [1.54, 1.807) is 0 Å². The van der Waals surface area contributed by atoms with Gasteiger partial charge < -0.3 is 10.1 Å². The summed E-state index contributed by atoms with van der Waals surface area (Å²) >= 11 is 5.96. The summed E-state index contributed by atoms with van der Waals surface area (Å²) in [4.78, 5) is 8.51. The fourth-order valence-electron chi connectivity index (χ4n) is 2.20. The third-order valence-corrected chi connectivity index (χ3v) is 3.38. The second-order valence-electron chi connectivity index (χ2n) is 4.85. The largest absolute Gasteiger partial charge is 0.379 e. The summed E-state index contributed by atoms with van der Waals surface area (Å²) in [5.74, 6) is 0.776. The number of halogens is 1. The van der Waals surface area contributed by atoms with Gasteiger partial charge >= 0.3 is 0 Å². The molecular formula is C13H14ClN3O. The van der Waals surface area contributed by atoms with Crippen molar-refractivity contribution in [2.24, 2.45) is 0 Å². The average molecular weight is 264 g/mol. The Bertz CT molecular complexity index is 581. The molecule has 0 bridgehead atoms. The maximum absolute atomic E-state index is 5.96. The van der Waals surface area contributed by atoms with E-state index < -0.39 is 0 Å². The van der Waals surface area contributed by atoms with Gasteiger partial charge in [0, 0.05) is 12.0 Å². The van der Waals surface area contributed by atoms with Crippen LogP contribution in [0.5, 0.6) is 0 Å². The first-order valence-corrected chi connectivity index (χ1v) is 6.32. The van der Waals surface area contributed by atoms with Crippen LogP contribution in [0.3, 0.4) is 0 Å². The van der Waals surface area contributed by atoms with Crippen LogP contribution in [0.4, 0.5) is 5.82 Å². The minimum absolute atomic E-state index is 0.0829. The van der Waals surface area contributed by atoms with Gasteiger partial charge in [-0.15, -0.1) is 0 Å². The van der Waals surface area contributed by atoms with Gasteiger partial charge in [0.25, 0.3) is 0 Å². The van der Waals surface area contributed by atoms with Crippen LogP contribution in [0, 0.1) is 0 Å². The second kappa shape index (κ2) is 4.37. The molecule has 1 aromatic heterocycles. The standard InChI is InChI=1S/C13H14ClN3O/c1-13(6-7-18-8-13)17-11-9-4-2-3-5-10(9)15-12(14)16-11/h2-5H,6-8H2,1H3,(H,15,16,17). The van der Waals surface area contributed by atoms with Crippen LogP contribution < -0.4 is 5.32 Å². The number of hydrogen-bond donors (Lipinski definition) is 1. The Morgan fingerprint density at radius 3 is 2.94 bits per heavy atom. The summed E-state index contributed by atoms with van der Waals surface area (Å²) in [5.41, 5.74) is 0.767. The zero-order chi connectivity index (χ0) is 12.6. The van der Waals surface area contributed by atoms with Crippen LogP contribution in [-0.2, 0) is 4.74 Å². The van der Waals surface area contributed by atoms with E-state index in [4.69, 9.17) is 16.3 Å². The van der Waals surface area contributed by atoms with Gasteiger partial charge in [-0.2, -0.15) is 0 Å². The van der Waals surface area contributed by atoms with Gasteiger partial charge in [-0.1, -0.05) is 12.1 Å². The number of nitrogens with zero attached hydrogens (tertiary/aromatic N) is 2. The SMILES string of the molecule is CC1(Nc2nc(Cl)nc3ccccc23)CCOC1. The molecule has 4 nitrogen and oxygen atoms in total. The Balaban J connectivity index is 2.05. The molecule has 1 atom stereocenters. The Labute approximate surface area is 110 Å². The molecule has 1 aliphatic heterocycles. The van der Waals surface area contributed by atoms with E-state index in [2.05, 4.69) is 22.2 Å². The van der Waals surface area contributed by atoms with Gasteiger partial charge in [0.2, 0.25) is 5.28 Å². The molecule has 1 fully saturated rings. The molecule has 0 amide bonds. The molecule has 3 rings (SSSR count). The van der Waals surface area contributed by atoms with E-state index in [9.17, 15) is 0 Å². The van der Waals surface area contributed by atoms with Gasteiger partial charge in [-0.25, -0.2) is 9.97 Å². The monoisotopic (exact) mass is 263 g/mol. The predicted molar refractivity (Wildman–Crippen MR) is 72.0 cm³/mol. The zero-order valence-electron chi connectivity index (χ0n) is 10.1. The number of rotatable bonds is 2. The van der Waals surface area contributed by atoms with E-state index in [-0.39, 0.29) is 10.8 Å². The summed E-state index contributed by atoms with van der Waals surface area (Å²) in [6.07, 6.45) is 0.961. The van der Waals surface area contributed by atoms with Crippen molar-refractivity contribution in [3.63, 3.8) is 0 Å². The van der Waals surface area contributed by atoms with Gasteiger partial charge in [0.1, 0.15) is 5.82 Å². The molecule has 1 aliphatic rings. The third-order valence-electron chi connectivity index (χ3n) is 3.21. The first kappa shape index (κ1) is 11.7. The maximum Gasteiger partial charge on any atom is 0.224 e. The Morgan fingerprint density at radius 2 is 2.17 bits per heavy atom. The minimum Gasteiger partial charge on any atom is -0.379 e. The van der Waals surface area contributed by atoms with Crippen LogP contribution in [0.25, 0.3) is 10.9 Å². The molecule has 5 heteroatoms. The van der Waals surface area contributed by atoms with Gasteiger partial charge in [-0.3, -0.25) is 0 Å². The van der Waals surface area contributed by atoms with Gasteiger partial charge in [-0.05, 0) is 37.1 Å². The van der Waals surface area contributed by atoms with Gasteiger partial charge in [0.05, 0.1) is 17.7 Å². The molecule has 0 saturated carbocycles. The Hall–Kier alpha value is -1.39. The van der Waals surface area contributed by atoms with Crippen molar-refractivity contribution >= 4 is 28.3 Å². The normalized spacial score (nSPS) is 23.4. The summed E-state index contributed by atoms with van der Waals surface area (Å²) in [6, 6.07) is 7.84. The number of nitrogens with one attached hydrogen (secondary N) is 1. The first-order chi connectivity index (χ1) is 8.66. The van der Waals surface area contributed by atoms with E-state index in [1.807, 2.05) is 24.3 Å². The van der Waals surface area contributed by atoms with Crippen molar-refractivity contribution in [2.45, 2.75) is 18.9 Å². The molecule has 1 saturated heterocycles. The molecule has 1 aromatic carbocycles. The molecule has 94 valence electrons. The highest BCUT2D eigenvalue weighted by Crippen LogP contribution is 2.28. The molecule has 0 aliphatic carbocycles. The first-order valence-electron chi connectivity index (χ1n) is 5.95. The van der Waals surface area contributed by atoms with Crippen LogP contribution in [0.1, 0.15) is 13.3 Å². The number of benzene rings is 1. The number of hydrogen-bond acceptors (Lipinski definition) is 4. The van der Waals surface area contributed by atoms with E-state index in [0.717, 1.165) is 29.7 Å². The number of anilines is 1. The lowest BCUT2D eigenvalue weighted by Gasteiger charge is -2.24. The number of ether oxygens (including phenoxy) is 1. The summed E-state index contributed by atoms with van der Waals surface area (Å²) in [5, 5.41) is 4.68. The minimum atomic E-state index is -0.0829. The summed E-state index contributed by atoms with van der Waals surface area (Å²) in [6.45, 7) is 3.59. The third kappa shape index (κ3) is 2.13. The Morgan fingerprint density at radius 1 is 1.33 bits per heavy atom. The lowest BCUT2D eigenvalue weighted by Crippen LogP contribution is -2.35. The topological polar surface area (TPSA) is 47.0 Å². The van der Waals surface area contributed by atoms with Crippen LogP contribution >= 0.6 is 11.6 Å². The van der Waals surface area contributed by atoms with Crippen LogP contribution in [0.2, 0.25) is 5.28 Å². The molecule has 1 N–H and O–H groups in total. The molecule has 0 radical (unpaired) electrons. The smallest absolute Gasteiger partial charge is 0.224 e. The second-order valence-corrected chi connectivity index (χ2v) is 5.18. The van der Waals surface area contributed by atoms with E-state index in [1.165, 1.54) is 0 Å². The number of para-hydroxylation sites is 1. The highest BCUT2D eigenvalue weighted by molar-refractivity contribution is 6.28. The highest BCUT2D eigenvalue weighted by atomic mass is 35.5. The predicted octanol–water partition coefficient (Wildman–Crippen LogP) is 2.87. The fourth-order valence-corrected chi connectivity index (χ4v) is 2.37. The number of aromatic nitrogens is 2. The summed E-state index contributed by atoms with van der Waals surface area (Å²) < 4.78 is 5.44. The van der Waals surface area contributed by atoms with Crippen LogP contribution in [0.15, 0.2) is 24.3 Å². The fraction of sp³-hybridized carbons (Fsp3) is 0.385. The zero-order valence-corrected chi connectivity index (χ0v) is 10.9. The van der Waals surface area contributed by atoms with Gasteiger partial charge in [0.15, 0.2) is 0 Å². The van der Waals surface area contributed by atoms with Crippen molar-refractivity contribution in [2.75, 3.05) is 18.5 Å². The lowest BCUT2D eigenvalue weighted by molar-refractivity contribution is 0.185. The molecule has 2 aromatic rings. The van der Waals surface area contributed by atoms with Crippen molar-refractivity contribution < 1.29 is 4.74 Å². The van der Waals surface area contributed by atoms with E-state index in [0.29, 0.717) is 6.61 Å². The number of fused-ring (bicyclic) bond motifs is 1.